The first-order chi connectivity index (χ1) is 11.8. The van der Waals surface area contributed by atoms with Crippen LogP contribution in [0.3, 0.4) is 0 Å². The molecule has 0 saturated carbocycles. The maximum Gasteiger partial charge on any atom is 0.230 e. The Morgan fingerprint density at radius 1 is 0.917 bits per heavy atom. The molecule has 0 radical (unpaired) electrons. The number of rotatable bonds is 3. The molecule has 24 heavy (non-hydrogen) atoms. The summed E-state index contributed by atoms with van der Waals surface area (Å²) in [6.45, 7) is 0. The third-order valence-corrected chi connectivity index (χ3v) is 3.93. The van der Waals surface area contributed by atoms with Gasteiger partial charge in [0.05, 0.1) is 12.6 Å². The molecule has 0 spiro atoms. The first-order valence-corrected chi connectivity index (χ1v) is 7.45. The van der Waals surface area contributed by atoms with Crippen LogP contribution in [-0.2, 0) is 0 Å². The molecule has 0 saturated heterocycles. The maximum absolute atomic E-state index is 12.9. The van der Waals surface area contributed by atoms with Crippen molar-refractivity contribution in [1.29, 1.82) is 0 Å². The van der Waals surface area contributed by atoms with Crippen molar-refractivity contribution in [3.05, 3.63) is 72.4 Å². The number of benzene rings is 1. The Morgan fingerprint density at radius 2 is 1.75 bits per heavy atom. The summed E-state index contributed by atoms with van der Waals surface area (Å²) in [4.78, 5) is 25.7. The first kappa shape index (κ1) is 14.3. The number of nitrogens with zero attached hydrogens (tertiary/aromatic N) is 3. The van der Waals surface area contributed by atoms with E-state index in [0.29, 0.717) is 22.5 Å². The lowest BCUT2D eigenvalue weighted by molar-refractivity contribution is 0.103. The molecule has 0 N–H and O–H groups in total. The molecule has 0 fully saturated rings. The van der Waals surface area contributed by atoms with Crippen LogP contribution in [0.15, 0.2) is 61.1 Å². The van der Waals surface area contributed by atoms with Gasteiger partial charge in [0.15, 0.2) is 0 Å². The minimum atomic E-state index is -0.253. The summed E-state index contributed by atoms with van der Waals surface area (Å²) in [6.07, 6.45) is 4.88. The summed E-state index contributed by atoms with van der Waals surface area (Å²) in [7, 11) is 1.55. The number of pyridine rings is 3. The predicted molar refractivity (Wildman–Crippen MR) is 91.3 cm³/mol. The average molecular weight is 315 g/mol. The number of methoxy groups -OCH3 is 1. The van der Waals surface area contributed by atoms with Crippen LogP contribution in [0.1, 0.15) is 16.2 Å². The summed E-state index contributed by atoms with van der Waals surface area (Å²) in [5.41, 5.74) is 1.52. The third-order valence-electron chi connectivity index (χ3n) is 3.93. The highest BCUT2D eigenvalue weighted by Gasteiger charge is 2.17. The lowest BCUT2D eigenvalue weighted by atomic mass is 10.0. The molecule has 0 aliphatic heterocycles. The van der Waals surface area contributed by atoms with Gasteiger partial charge < -0.3 is 4.74 Å². The number of carbonyl (C=O) groups is 1. The molecule has 4 rings (SSSR count). The molecule has 0 unspecified atom stereocenters. The highest BCUT2D eigenvalue weighted by Crippen LogP contribution is 2.26. The highest BCUT2D eigenvalue weighted by molar-refractivity contribution is 6.17. The summed E-state index contributed by atoms with van der Waals surface area (Å²) in [6, 6.07) is 13.0. The quantitative estimate of drug-likeness (QED) is 0.428. The average Bonchev–Trinajstić information content (AvgIpc) is 2.66. The smallest absolute Gasteiger partial charge is 0.230 e. The zero-order chi connectivity index (χ0) is 16.5. The van der Waals surface area contributed by atoms with Crippen molar-refractivity contribution < 1.29 is 9.53 Å². The molecule has 5 heteroatoms. The number of para-hydroxylation sites is 1. The topological polar surface area (TPSA) is 65.0 Å². The van der Waals surface area contributed by atoms with Crippen molar-refractivity contribution >= 4 is 27.5 Å². The zero-order valence-corrected chi connectivity index (χ0v) is 12.9. The fraction of sp³-hybridized carbons (Fsp3) is 0.0526. The number of ether oxygens (including phenoxy) is 1. The normalized spacial score (nSPS) is 10.9. The van der Waals surface area contributed by atoms with Gasteiger partial charge in [-0.2, -0.15) is 0 Å². The number of ketones is 1. The molecule has 0 aliphatic rings. The molecule has 116 valence electrons. The van der Waals surface area contributed by atoms with Crippen LogP contribution >= 0.6 is 0 Å². The van der Waals surface area contributed by atoms with E-state index in [1.54, 1.807) is 37.8 Å². The minimum absolute atomic E-state index is 0.253. The van der Waals surface area contributed by atoms with Crippen molar-refractivity contribution in [3.8, 4) is 5.75 Å². The largest absolute Gasteiger partial charge is 0.497 e. The van der Waals surface area contributed by atoms with Crippen LogP contribution in [0.25, 0.3) is 21.7 Å². The second kappa shape index (κ2) is 5.70. The summed E-state index contributed by atoms with van der Waals surface area (Å²) < 4.78 is 5.16. The van der Waals surface area contributed by atoms with Gasteiger partial charge in [0.1, 0.15) is 17.1 Å². The van der Waals surface area contributed by atoms with Gasteiger partial charge in [-0.05, 0) is 23.6 Å². The van der Waals surface area contributed by atoms with Gasteiger partial charge in [0, 0.05) is 35.4 Å². The van der Waals surface area contributed by atoms with Gasteiger partial charge in [-0.1, -0.05) is 18.2 Å². The second-order valence-electron chi connectivity index (χ2n) is 5.31. The third kappa shape index (κ3) is 2.27. The van der Waals surface area contributed by atoms with E-state index in [4.69, 9.17) is 4.74 Å². The monoisotopic (exact) mass is 315 g/mol. The van der Waals surface area contributed by atoms with Crippen molar-refractivity contribution in [2.75, 3.05) is 7.11 Å². The van der Waals surface area contributed by atoms with E-state index in [0.717, 1.165) is 16.3 Å². The summed E-state index contributed by atoms with van der Waals surface area (Å²) in [5, 5.41) is 2.65. The second-order valence-corrected chi connectivity index (χ2v) is 5.31. The van der Waals surface area contributed by atoms with E-state index >= 15 is 0 Å². The van der Waals surface area contributed by atoms with Gasteiger partial charge >= 0.3 is 0 Å². The molecule has 3 heterocycles. The van der Waals surface area contributed by atoms with Crippen LogP contribution in [-0.4, -0.2) is 27.8 Å². The highest BCUT2D eigenvalue weighted by atomic mass is 16.5. The Labute approximate surface area is 138 Å². The Morgan fingerprint density at radius 3 is 2.62 bits per heavy atom. The summed E-state index contributed by atoms with van der Waals surface area (Å²) >= 11 is 0. The van der Waals surface area contributed by atoms with Gasteiger partial charge in [-0.25, -0.2) is 0 Å². The van der Waals surface area contributed by atoms with Crippen molar-refractivity contribution in [2.24, 2.45) is 0 Å². The minimum Gasteiger partial charge on any atom is -0.497 e. The Kier molecular flexibility index (Phi) is 3.39. The molecule has 0 aliphatic carbocycles. The summed E-state index contributed by atoms with van der Waals surface area (Å²) in [5.74, 6) is 0.328. The Hall–Kier alpha value is -3.34. The van der Waals surface area contributed by atoms with Gasteiger partial charge in [-0.3, -0.25) is 19.7 Å². The number of carbonyl (C=O) groups excluding carboxylic acids is 1. The van der Waals surface area contributed by atoms with E-state index in [9.17, 15) is 4.79 Å². The standard InChI is InChI=1S/C19H13N3O2/c1-24-12-6-8-20-17(10-12)19(23)18-15-11-22-16-5-3-2-4-14(16)13(15)7-9-21-18/h2-11H,1H3. The van der Waals surface area contributed by atoms with Crippen LogP contribution in [0, 0.1) is 0 Å². The van der Waals surface area contributed by atoms with Crippen molar-refractivity contribution in [3.63, 3.8) is 0 Å². The molecule has 4 aromatic rings. The van der Waals surface area contributed by atoms with Crippen LogP contribution < -0.4 is 4.74 Å². The van der Waals surface area contributed by atoms with Crippen LogP contribution in [0.2, 0.25) is 0 Å². The molecule has 0 bridgehead atoms. The number of fused-ring (bicyclic) bond motifs is 3. The van der Waals surface area contributed by atoms with E-state index in [1.807, 2.05) is 30.3 Å². The molecule has 3 aromatic heterocycles. The number of hydrogen-bond acceptors (Lipinski definition) is 5. The number of aromatic nitrogens is 3. The van der Waals surface area contributed by atoms with Gasteiger partial charge in [0.25, 0.3) is 0 Å². The molecule has 0 atom stereocenters. The SMILES string of the molecule is COc1ccnc(C(=O)c2nccc3c2cnc2ccccc23)c1. The first-order valence-electron chi connectivity index (χ1n) is 7.45. The van der Waals surface area contributed by atoms with Crippen LogP contribution in [0.5, 0.6) is 5.75 Å². The lowest BCUT2D eigenvalue weighted by Gasteiger charge is -2.07. The molecular formula is C19H13N3O2. The lowest BCUT2D eigenvalue weighted by Crippen LogP contribution is -2.07. The fourth-order valence-corrected chi connectivity index (χ4v) is 2.75. The van der Waals surface area contributed by atoms with Crippen molar-refractivity contribution in [2.45, 2.75) is 0 Å². The predicted octanol–water partition coefficient (Wildman–Crippen LogP) is 3.42. The zero-order valence-electron chi connectivity index (χ0n) is 12.9. The van der Waals surface area contributed by atoms with Crippen LogP contribution in [0.4, 0.5) is 0 Å². The van der Waals surface area contributed by atoms with Gasteiger partial charge in [-0.15, -0.1) is 0 Å². The van der Waals surface area contributed by atoms with Gasteiger partial charge in [0.2, 0.25) is 5.78 Å². The van der Waals surface area contributed by atoms with E-state index in [-0.39, 0.29) is 5.78 Å². The maximum atomic E-state index is 12.9. The Bertz CT molecular complexity index is 1080. The molecule has 5 nitrogen and oxygen atoms in total. The van der Waals surface area contributed by atoms with E-state index < -0.39 is 0 Å². The molecular weight excluding hydrogens is 302 g/mol. The van der Waals surface area contributed by atoms with E-state index in [1.165, 1.54) is 0 Å². The number of hydrogen-bond donors (Lipinski definition) is 0. The Balaban J connectivity index is 1.93. The fourth-order valence-electron chi connectivity index (χ4n) is 2.75. The molecule has 0 amide bonds. The molecule has 1 aromatic carbocycles. The van der Waals surface area contributed by atoms with E-state index in [2.05, 4.69) is 15.0 Å². The van der Waals surface area contributed by atoms with Crippen molar-refractivity contribution in [1.82, 2.24) is 15.0 Å².